The van der Waals surface area contributed by atoms with E-state index >= 15 is 0 Å². The van der Waals surface area contributed by atoms with Gasteiger partial charge in [-0.05, 0) is 27.8 Å². The molecule has 0 bridgehead atoms. The number of likely N-dealkylation sites (N-methyl/N-ethyl adjacent to an activating group) is 1. The van der Waals surface area contributed by atoms with Gasteiger partial charge in [0.25, 0.3) is 0 Å². The summed E-state index contributed by atoms with van der Waals surface area (Å²) < 4.78 is 2.13. The van der Waals surface area contributed by atoms with E-state index in [-0.39, 0.29) is 6.04 Å². The van der Waals surface area contributed by atoms with Crippen molar-refractivity contribution in [2.45, 2.75) is 39.4 Å². The SMILES string of the molecule is CC(C)N(C)CCn1cncc1[C@H](C)N. The fourth-order valence-electron chi connectivity index (χ4n) is 1.42. The van der Waals surface area contributed by atoms with Gasteiger partial charge >= 0.3 is 0 Å². The van der Waals surface area contributed by atoms with Gasteiger partial charge in [0.05, 0.1) is 12.0 Å². The molecule has 0 unspecified atom stereocenters. The van der Waals surface area contributed by atoms with Crippen molar-refractivity contribution in [3.05, 3.63) is 18.2 Å². The van der Waals surface area contributed by atoms with Crippen LogP contribution in [0.1, 0.15) is 32.5 Å². The van der Waals surface area contributed by atoms with Crippen LogP contribution in [0.15, 0.2) is 12.5 Å². The van der Waals surface area contributed by atoms with Crippen LogP contribution < -0.4 is 5.73 Å². The molecular weight excluding hydrogens is 188 g/mol. The highest BCUT2D eigenvalue weighted by atomic mass is 15.2. The van der Waals surface area contributed by atoms with Gasteiger partial charge in [0.15, 0.2) is 0 Å². The van der Waals surface area contributed by atoms with Crippen molar-refractivity contribution in [2.75, 3.05) is 13.6 Å². The molecule has 0 amide bonds. The second-order valence-corrected chi connectivity index (χ2v) is 4.37. The van der Waals surface area contributed by atoms with Crippen LogP contribution in [0.25, 0.3) is 0 Å². The lowest BCUT2D eigenvalue weighted by molar-refractivity contribution is 0.261. The summed E-state index contributed by atoms with van der Waals surface area (Å²) in [5.74, 6) is 0. The fraction of sp³-hybridized carbons (Fsp3) is 0.727. The number of aromatic nitrogens is 2. The minimum atomic E-state index is 0.0526. The number of nitrogens with two attached hydrogens (primary N) is 1. The van der Waals surface area contributed by atoms with Gasteiger partial charge < -0.3 is 15.2 Å². The maximum atomic E-state index is 5.85. The average Bonchev–Trinajstić information content (AvgIpc) is 2.61. The average molecular weight is 210 g/mol. The summed E-state index contributed by atoms with van der Waals surface area (Å²) >= 11 is 0. The second kappa shape index (κ2) is 5.28. The number of nitrogens with zero attached hydrogens (tertiary/aromatic N) is 3. The Balaban J connectivity index is 2.54. The molecule has 1 aromatic heterocycles. The van der Waals surface area contributed by atoms with Gasteiger partial charge in [0.2, 0.25) is 0 Å². The first kappa shape index (κ1) is 12.2. The zero-order valence-electron chi connectivity index (χ0n) is 10.1. The monoisotopic (exact) mass is 210 g/mol. The maximum absolute atomic E-state index is 5.85. The standard InChI is InChI=1S/C11H22N4/c1-9(2)14(4)5-6-15-8-13-7-11(15)10(3)12/h7-10H,5-6,12H2,1-4H3/t10-/m0/s1. The molecule has 15 heavy (non-hydrogen) atoms. The van der Waals surface area contributed by atoms with Crippen LogP contribution in [0.4, 0.5) is 0 Å². The Kier molecular flexibility index (Phi) is 4.29. The molecule has 1 atom stereocenters. The molecule has 1 rings (SSSR count). The molecule has 4 nitrogen and oxygen atoms in total. The summed E-state index contributed by atoms with van der Waals surface area (Å²) in [7, 11) is 2.13. The third kappa shape index (κ3) is 3.32. The van der Waals surface area contributed by atoms with Crippen LogP contribution in [-0.2, 0) is 6.54 Å². The Hall–Kier alpha value is -0.870. The van der Waals surface area contributed by atoms with Gasteiger partial charge in [-0.2, -0.15) is 0 Å². The third-order valence-corrected chi connectivity index (χ3v) is 2.79. The Morgan fingerprint density at radius 3 is 2.67 bits per heavy atom. The molecular formula is C11H22N4. The third-order valence-electron chi connectivity index (χ3n) is 2.79. The molecule has 0 saturated carbocycles. The van der Waals surface area contributed by atoms with Crippen molar-refractivity contribution in [1.29, 1.82) is 0 Å². The van der Waals surface area contributed by atoms with Gasteiger partial charge in [-0.1, -0.05) is 0 Å². The Bertz CT molecular complexity index is 291. The Morgan fingerprint density at radius 2 is 2.13 bits per heavy atom. The maximum Gasteiger partial charge on any atom is 0.0949 e. The minimum Gasteiger partial charge on any atom is -0.332 e. The van der Waals surface area contributed by atoms with Gasteiger partial charge in [-0.3, -0.25) is 0 Å². The molecule has 2 N–H and O–H groups in total. The first-order valence-electron chi connectivity index (χ1n) is 5.48. The molecule has 0 saturated heterocycles. The minimum absolute atomic E-state index is 0.0526. The smallest absolute Gasteiger partial charge is 0.0949 e. The van der Waals surface area contributed by atoms with Gasteiger partial charge in [-0.15, -0.1) is 0 Å². The van der Waals surface area contributed by atoms with Crippen molar-refractivity contribution >= 4 is 0 Å². The molecule has 0 radical (unpaired) electrons. The number of imidazole rings is 1. The summed E-state index contributed by atoms with van der Waals surface area (Å²) in [4.78, 5) is 6.44. The molecule has 86 valence electrons. The molecule has 0 spiro atoms. The topological polar surface area (TPSA) is 47.1 Å². The van der Waals surface area contributed by atoms with E-state index in [4.69, 9.17) is 5.73 Å². The first-order valence-corrected chi connectivity index (χ1v) is 5.48. The number of rotatable bonds is 5. The number of hydrogen-bond acceptors (Lipinski definition) is 3. The lowest BCUT2D eigenvalue weighted by Crippen LogP contribution is -2.30. The van der Waals surface area contributed by atoms with Crippen molar-refractivity contribution in [3.63, 3.8) is 0 Å². The van der Waals surface area contributed by atoms with E-state index in [1.165, 1.54) is 0 Å². The predicted octanol–water partition coefficient (Wildman–Crippen LogP) is 1.24. The second-order valence-electron chi connectivity index (χ2n) is 4.37. The summed E-state index contributed by atoms with van der Waals surface area (Å²) in [6.45, 7) is 8.35. The Morgan fingerprint density at radius 1 is 1.47 bits per heavy atom. The lowest BCUT2D eigenvalue weighted by Gasteiger charge is -2.21. The van der Waals surface area contributed by atoms with Crippen LogP contribution in [0.3, 0.4) is 0 Å². The van der Waals surface area contributed by atoms with Gasteiger partial charge in [-0.25, -0.2) is 4.98 Å². The van der Waals surface area contributed by atoms with Crippen molar-refractivity contribution in [3.8, 4) is 0 Å². The van der Waals surface area contributed by atoms with Crippen LogP contribution in [-0.4, -0.2) is 34.1 Å². The first-order chi connectivity index (χ1) is 7.02. The van der Waals surface area contributed by atoms with Crippen LogP contribution in [0.2, 0.25) is 0 Å². The number of hydrogen-bond donors (Lipinski definition) is 1. The largest absolute Gasteiger partial charge is 0.332 e. The summed E-state index contributed by atoms with van der Waals surface area (Å²) in [6.07, 6.45) is 3.70. The van der Waals surface area contributed by atoms with Crippen LogP contribution in [0.5, 0.6) is 0 Å². The van der Waals surface area contributed by atoms with E-state index in [9.17, 15) is 0 Å². The highest BCUT2D eigenvalue weighted by Crippen LogP contribution is 2.08. The molecule has 0 aliphatic carbocycles. The molecule has 0 aromatic carbocycles. The quantitative estimate of drug-likeness (QED) is 0.795. The van der Waals surface area contributed by atoms with Gasteiger partial charge in [0, 0.05) is 31.4 Å². The molecule has 0 aliphatic heterocycles. The molecule has 1 heterocycles. The van der Waals surface area contributed by atoms with Crippen LogP contribution in [0, 0.1) is 0 Å². The van der Waals surface area contributed by atoms with E-state index < -0.39 is 0 Å². The highest BCUT2D eigenvalue weighted by molar-refractivity contribution is 5.03. The molecule has 4 heteroatoms. The summed E-state index contributed by atoms with van der Waals surface area (Å²) in [6, 6.07) is 0.629. The highest BCUT2D eigenvalue weighted by Gasteiger charge is 2.08. The predicted molar refractivity (Wildman–Crippen MR) is 62.6 cm³/mol. The van der Waals surface area contributed by atoms with E-state index in [1.807, 2.05) is 19.4 Å². The van der Waals surface area contributed by atoms with E-state index in [0.717, 1.165) is 18.8 Å². The van der Waals surface area contributed by atoms with E-state index in [0.29, 0.717) is 6.04 Å². The summed E-state index contributed by atoms with van der Waals surface area (Å²) in [5.41, 5.74) is 6.95. The Labute approximate surface area is 92.1 Å². The van der Waals surface area contributed by atoms with Crippen molar-refractivity contribution in [2.24, 2.45) is 5.73 Å². The zero-order valence-corrected chi connectivity index (χ0v) is 10.1. The molecule has 1 aromatic rings. The molecule has 0 aliphatic rings. The lowest BCUT2D eigenvalue weighted by atomic mass is 10.2. The molecule has 0 fully saturated rings. The van der Waals surface area contributed by atoms with E-state index in [2.05, 4.69) is 35.3 Å². The van der Waals surface area contributed by atoms with E-state index in [1.54, 1.807) is 0 Å². The normalized spacial score (nSPS) is 13.8. The van der Waals surface area contributed by atoms with Crippen molar-refractivity contribution in [1.82, 2.24) is 14.5 Å². The van der Waals surface area contributed by atoms with Crippen LogP contribution >= 0.6 is 0 Å². The van der Waals surface area contributed by atoms with Crippen molar-refractivity contribution < 1.29 is 0 Å². The van der Waals surface area contributed by atoms with Gasteiger partial charge in [0.1, 0.15) is 0 Å². The fourth-order valence-corrected chi connectivity index (χ4v) is 1.42. The zero-order chi connectivity index (χ0) is 11.4. The summed E-state index contributed by atoms with van der Waals surface area (Å²) in [5, 5.41) is 0.